The second kappa shape index (κ2) is 6.52. The fourth-order valence-electron chi connectivity index (χ4n) is 2.44. The van der Waals surface area contributed by atoms with Crippen molar-refractivity contribution in [3.8, 4) is 0 Å². The van der Waals surface area contributed by atoms with E-state index in [-0.39, 0.29) is 17.7 Å². The minimum absolute atomic E-state index is 0.0173. The molecule has 18 heavy (non-hydrogen) atoms. The van der Waals surface area contributed by atoms with Gasteiger partial charge in [0.1, 0.15) is 0 Å². The molecule has 0 radical (unpaired) electrons. The van der Waals surface area contributed by atoms with E-state index < -0.39 is 16.0 Å². The lowest BCUT2D eigenvalue weighted by molar-refractivity contribution is -0.137. The zero-order valence-electron chi connectivity index (χ0n) is 11.1. The summed E-state index contributed by atoms with van der Waals surface area (Å²) in [6, 6.07) is -0.107. The molecule has 6 heteroatoms. The molecule has 1 N–H and O–H groups in total. The maximum atomic E-state index is 12.4. The quantitative estimate of drug-likeness (QED) is 0.770. The van der Waals surface area contributed by atoms with Crippen LogP contribution in [0.4, 0.5) is 0 Å². The molecule has 0 heterocycles. The second-order valence-electron chi connectivity index (χ2n) is 5.15. The van der Waals surface area contributed by atoms with E-state index in [9.17, 15) is 13.2 Å². The Labute approximate surface area is 109 Å². The highest BCUT2D eigenvalue weighted by Crippen LogP contribution is 2.28. The molecule has 0 spiro atoms. The first-order chi connectivity index (χ1) is 8.35. The number of carbonyl (C=O) groups is 1. The van der Waals surface area contributed by atoms with Gasteiger partial charge in [-0.1, -0.05) is 12.8 Å². The first kappa shape index (κ1) is 15.4. The number of carboxylic acid groups (broad SMARTS) is 1. The van der Waals surface area contributed by atoms with Crippen LogP contribution < -0.4 is 0 Å². The van der Waals surface area contributed by atoms with Crippen LogP contribution in [0.2, 0.25) is 0 Å². The van der Waals surface area contributed by atoms with Gasteiger partial charge in [-0.2, -0.15) is 4.31 Å². The summed E-state index contributed by atoms with van der Waals surface area (Å²) in [7, 11) is -3.26. The minimum Gasteiger partial charge on any atom is -0.481 e. The van der Waals surface area contributed by atoms with Crippen molar-refractivity contribution in [1.82, 2.24) is 4.31 Å². The Morgan fingerprint density at radius 1 is 1.33 bits per heavy atom. The molecule has 0 aromatic heterocycles. The van der Waals surface area contributed by atoms with Crippen LogP contribution in [0, 0.1) is 0 Å². The molecule has 0 aromatic rings. The SMILES string of the molecule is CC(C)N(CCCC(=O)O)S(=O)(=O)C1CCCC1. The van der Waals surface area contributed by atoms with Crippen LogP contribution in [0.5, 0.6) is 0 Å². The summed E-state index contributed by atoms with van der Waals surface area (Å²) >= 11 is 0. The number of aliphatic carboxylic acids is 1. The van der Waals surface area contributed by atoms with Crippen molar-refractivity contribution in [3.05, 3.63) is 0 Å². The maximum Gasteiger partial charge on any atom is 0.303 e. The number of sulfonamides is 1. The summed E-state index contributed by atoms with van der Waals surface area (Å²) in [5.41, 5.74) is 0. The molecule has 1 rings (SSSR count). The van der Waals surface area contributed by atoms with E-state index in [1.807, 2.05) is 13.8 Å². The molecule has 1 aliphatic rings. The highest BCUT2D eigenvalue weighted by molar-refractivity contribution is 7.89. The van der Waals surface area contributed by atoms with Crippen molar-refractivity contribution < 1.29 is 18.3 Å². The molecule has 0 unspecified atom stereocenters. The number of hydrogen-bond acceptors (Lipinski definition) is 3. The van der Waals surface area contributed by atoms with E-state index in [1.165, 1.54) is 4.31 Å². The lowest BCUT2D eigenvalue weighted by Crippen LogP contribution is -2.42. The third kappa shape index (κ3) is 3.95. The smallest absolute Gasteiger partial charge is 0.303 e. The van der Waals surface area contributed by atoms with Crippen molar-refractivity contribution in [2.45, 2.75) is 63.7 Å². The van der Waals surface area contributed by atoms with Gasteiger partial charge < -0.3 is 5.11 Å². The lowest BCUT2D eigenvalue weighted by Gasteiger charge is -2.28. The molecule has 0 bridgehead atoms. The highest BCUT2D eigenvalue weighted by Gasteiger charge is 2.35. The Morgan fingerprint density at radius 2 is 1.89 bits per heavy atom. The fraction of sp³-hybridized carbons (Fsp3) is 0.917. The van der Waals surface area contributed by atoms with E-state index in [4.69, 9.17) is 5.11 Å². The first-order valence-electron chi connectivity index (χ1n) is 6.58. The summed E-state index contributed by atoms with van der Waals surface area (Å²) < 4.78 is 26.3. The standard InChI is InChI=1S/C12H23NO4S/c1-10(2)13(9-5-8-12(14)15)18(16,17)11-6-3-4-7-11/h10-11H,3-9H2,1-2H3,(H,14,15). The Hall–Kier alpha value is -0.620. The van der Waals surface area contributed by atoms with E-state index in [0.717, 1.165) is 25.7 Å². The van der Waals surface area contributed by atoms with Crippen molar-refractivity contribution in [2.24, 2.45) is 0 Å². The summed E-state index contributed by atoms with van der Waals surface area (Å²) in [4.78, 5) is 10.5. The van der Waals surface area contributed by atoms with Gasteiger partial charge in [-0.25, -0.2) is 8.42 Å². The topological polar surface area (TPSA) is 74.7 Å². The Balaban J connectivity index is 2.68. The van der Waals surface area contributed by atoms with Gasteiger partial charge in [-0.15, -0.1) is 0 Å². The van der Waals surface area contributed by atoms with Gasteiger partial charge in [0, 0.05) is 19.0 Å². The maximum absolute atomic E-state index is 12.4. The number of nitrogens with zero attached hydrogens (tertiary/aromatic N) is 1. The van der Waals surface area contributed by atoms with Crippen LogP contribution in [0.15, 0.2) is 0 Å². The molecule has 1 fully saturated rings. The number of rotatable bonds is 7. The number of carboxylic acids is 1. The Morgan fingerprint density at radius 3 is 2.33 bits per heavy atom. The molecule has 0 amide bonds. The third-order valence-corrected chi connectivity index (χ3v) is 5.97. The van der Waals surface area contributed by atoms with E-state index in [0.29, 0.717) is 13.0 Å². The molecular weight excluding hydrogens is 254 g/mol. The van der Waals surface area contributed by atoms with Crippen LogP contribution in [0.1, 0.15) is 52.4 Å². The monoisotopic (exact) mass is 277 g/mol. The average Bonchev–Trinajstić information content (AvgIpc) is 2.76. The fourth-order valence-corrected chi connectivity index (χ4v) is 4.73. The van der Waals surface area contributed by atoms with Crippen molar-refractivity contribution in [2.75, 3.05) is 6.54 Å². The van der Waals surface area contributed by atoms with E-state index >= 15 is 0 Å². The molecule has 0 aromatic carbocycles. The molecule has 0 saturated heterocycles. The summed E-state index contributed by atoms with van der Waals surface area (Å²) in [5.74, 6) is -0.878. The van der Waals surface area contributed by atoms with Crippen LogP contribution in [-0.4, -0.2) is 41.6 Å². The van der Waals surface area contributed by atoms with Crippen molar-refractivity contribution in [1.29, 1.82) is 0 Å². The van der Waals surface area contributed by atoms with Gasteiger partial charge >= 0.3 is 5.97 Å². The molecule has 0 aliphatic heterocycles. The molecule has 0 atom stereocenters. The predicted molar refractivity (Wildman–Crippen MR) is 69.9 cm³/mol. The van der Waals surface area contributed by atoms with E-state index in [1.54, 1.807) is 0 Å². The highest BCUT2D eigenvalue weighted by atomic mass is 32.2. The van der Waals surface area contributed by atoms with Gasteiger partial charge in [0.05, 0.1) is 5.25 Å². The average molecular weight is 277 g/mol. The van der Waals surface area contributed by atoms with Crippen LogP contribution in [0.3, 0.4) is 0 Å². The molecule has 1 saturated carbocycles. The van der Waals surface area contributed by atoms with Gasteiger partial charge in [0.15, 0.2) is 0 Å². The molecule has 5 nitrogen and oxygen atoms in total. The predicted octanol–water partition coefficient (Wildman–Crippen LogP) is 1.83. The molecule has 1 aliphatic carbocycles. The van der Waals surface area contributed by atoms with Crippen LogP contribution in [-0.2, 0) is 14.8 Å². The van der Waals surface area contributed by atoms with Crippen LogP contribution >= 0.6 is 0 Å². The van der Waals surface area contributed by atoms with Gasteiger partial charge in [-0.3, -0.25) is 4.79 Å². The summed E-state index contributed by atoms with van der Waals surface area (Å²) in [6.07, 6.45) is 3.83. The normalized spacial score (nSPS) is 17.8. The summed E-state index contributed by atoms with van der Waals surface area (Å²) in [5, 5.41) is 8.35. The van der Waals surface area contributed by atoms with Gasteiger partial charge in [-0.05, 0) is 33.1 Å². The zero-order chi connectivity index (χ0) is 13.8. The molecular formula is C12H23NO4S. The second-order valence-corrected chi connectivity index (χ2v) is 7.32. The third-order valence-electron chi connectivity index (χ3n) is 3.40. The number of hydrogen-bond donors (Lipinski definition) is 1. The molecule has 106 valence electrons. The van der Waals surface area contributed by atoms with Gasteiger partial charge in [0.2, 0.25) is 10.0 Å². The van der Waals surface area contributed by atoms with Gasteiger partial charge in [0.25, 0.3) is 0 Å². The minimum atomic E-state index is -3.26. The Bertz CT molecular complexity index is 372. The van der Waals surface area contributed by atoms with E-state index in [2.05, 4.69) is 0 Å². The van der Waals surface area contributed by atoms with Crippen molar-refractivity contribution in [3.63, 3.8) is 0 Å². The first-order valence-corrected chi connectivity index (χ1v) is 8.08. The van der Waals surface area contributed by atoms with Crippen LogP contribution in [0.25, 0.3) is 0 Å². The summed E-state index contributed by atoms with van der Waals surface area (Å²) in [6.45, 7) is 3.99. The van der Waals surface area contributed by atoms with Crippen molar-refractivity contribution >= 4 is 16.0 Å². The largest absolute Gasteiger partial charge is 0.481 e. The zero-order valence-corrected chi connectivity index (χ0v) is 11.9. The lowest BCUT2D eigenvalue weighted by atomic mass is 10.3. The Kier molecular flexibility index (Phi) is 5.59.